The Morgan fingerprint density at radius 3 is 2.86 bits per heavy atom. The minimum atomic E-state index is -0.293. The third-order valence-electron chi connectivity index (χ3n) is 4.35. The summed E-state index contributed by atoms with van der Waals surface area (Å²) >= 11 is 6.28. The first kappa shape index (κ1) is 18.9. The van der Waals surface area contributed by atoms with Crippen LogP contribution >= 0.6 is 11.6 Å². The van der Waals surface area contributed by atoms with E-state index in [9.17, 15) is 4.79 Å². The molecule has 0 atom stereocenters. The fourth-order valence-electron chi connectivity index (χ4n) is 2.99. The van der Waals surface area contributed by atoms with Crippen LogP contribution in [0.1, 0.15) is 27.3 Å². The molecule has 0 bridgehead atoms. The van der Waals surface area contributed by atoms with Crippen molar-refractivity contribution in [2.45, 2.75) is 20.5 Å². The van der Waals surface area contributed by atoms with Gasteiger partial charge in [-0.15, -0.1) is 0 Å². The van der Waals surface area contributed by atoms with Gasteiger partial charge in [0.2, 0.25) is 0 Å². The van der Waals surface area contributed by atoms with Gasteiger partial charge in [0.1, 0.15) is 17.9 Å². The Bertz CT molecular complexity index is 1190. The van der Waals surface area contributed by atoms with Crippen LogP contribution in [-0.2, 0) is 6.61 Å². The van der Waals surface area contributed by atoms with Crippen molar-refractivity contribution in [1.82, 2.24) is 19.6 Å². The largest absolute Gasteiger partial charge is 0.487 e. The third kappa shape index (κ3) is 4.05. The number of nitrogens with one attached hydrogen (secondary N) is 1. The number of ether oxygens (including phenoxy) is 1. The average Bonchev–Trinajstić information content (AvgIpc) is 3.13. The third-order valence-corrected chi connectivity index (χ3v) is 4.72. The van der Waals surface area contributed by atoms with Gasteiger partial charge in [-0.1, -0.05) is 11.6 Å². The van der Waals surface area contributed by atoms with Crippen molar-refractivity contribution in [3.8, 4) is 5.75 Å². The number of aromatic nitrogens is 4. The van der Waals surface area contributed by atoms with Crippen LogP contribution < -0.4 is 10.1 Å². The lowest BCUT2D eigenvalue weighted by Gasteiger charge is -2.10. The van der Waals surface area contributed by atoms with Gasteiger partial charge in [-0.05, 0) is 50.2 Å². The molecule has 0 spiro atoms. The Labute approximate surface area is 172 Å². The van der Waals surface area contributed by atoms with Gasteiger partial charge in [0.05, 0.1) is 12.4 Å². The molecular formula is C21H18ClN5O2. The molecule has 29 heavy (non-hydrogen) atoms. The number of pyridine rings is 1. The summed E-state index contributed by atoms with van der Waals surface area (Å²) in [5.41, 5.74) is 4.01. The summed E-state index contributed by atoms with van der Waals surface area (Å²) in [7, 11) is 0. The van der Waals surface area contributed by atoms with Gasteiger partial charge in [-0.2, -0.15) is 5.10 Å². The topological polar surface area (TPSA) is 81.4 Å². The predicted octanol–water partition coefficient (Wildman–Crippen LogP) is 4.23. The molecule has 8 heteroatoms. The molecule has 0 aliphatic carbocycles. The molecule has 4 aromatic rings. The van der Waals surface area contributed by atoms with Gasteiger partial charge < -0.3 is 10.1 Å². The summed E-state index contributed by atoms with van der Waals surface area (Å²) < 4.78 is 7.36. The van der Waals surface area contributed by atoms with E-state index >= 15 is 0 Å². The molecule has 0 radical (unpaired) electrons. The highest BCUT2D eigenvalue weighted by Gasteiger charge is 2.16. The molecule has 1 amide bonds. The highest BCUT2D eigenvalue weighted by atomic mass is 35.5. The molecular weight excluding hydrogens is 390 g/mol. The fraction of sp³-hybridized carbons (Fsp3) is 0.143. The van der Waals surface area contributed by atoms with Crippen LogP contribution in [0, 0.1) is 13.8 Å². The first-order valence-electron chi connectivity index (χ1n) is 8.96. The lowest BCUT2D eigenvalue weighted by atomic mass is 10.2. The van der Waals surface area contributed by atoms with Crippen molar-refractivity contribution in [3.63, 3.8) is 0 Å². The predicted molar refractivity (Wildman–Crippen MR) is 110 cm³/mol. The molecule has 7 nitrogen and oxygen atoms in total. The lowest BCUT2D eigenvalue weighted by Crippen LogP contribution is -2.13. The standard InChI is InChI=1S/C21H18ClN5O2/c1-13-8-14(2)27-20(25-13)18(11-24-27)21(28)26-16-5-6-19(22)15(9-16)12-29-17-4-3-7-23-10-17/h3-11H,12H2,1-2H3,(H,26,28). The number of carbonyl (C=O) groups excluding carboxylic acids is 1. The quantitative estimate of drug-likeness (QED) is 0.535. The Hall–Kier alpha value is -3.45. The summed E-state index contributed by atoms with van der Waals surface area (Å²) in [4.78, 5) is 21.3. The summed E-state index contributed by atoms with van der Waals surface area (Å²) in [5.74, 6) is 0.347. The van der Waals surface area contributed by atoms with Crippen LogP contribution in [0.4, 0.5) is 5.69 Å². The molecule has 0 saturated heterocycles. The zero-order valence-electron chi connectivity index (χ0n) is 15.9. The van der Waals surface area contributed by atoms with E-state index in [1.165, 1.54) is 6.20 Å². The van der Waals surface area contributed by atoms with E-state index in [-0.39, 0.29) is 12.5 Å². The maximum absolute atomic E-state index is 12.8. The molecule has 4 rings (SSSR count). The van der Waals surface area contributed by atoms with Gasteiger partial charge in [-0.25, -0.2) is 9.50 Å². The first-order chi connectivity index (χ1) is 14.0. The molecule has 1 N–H and O–H groups in total. The van der Waals surface area contributed by atoms with Gasteiger partial charge in [-0.3, -0.25) is 9.78 Å². The Balaban J connectivity index is 1.54. The number of nitrogens with zero attached hydrogens (tertiary/aromatic N) is 4. The first-order valence-corrected chi connectivity index (χ1v) is 9.33. The SMILES string of the molecule is Cc1cc(C)n2ncc(C(=O)Nc3ccc(Cl)c(COc4cccnc4)c3)c2n1. The van der Waals surface area contributed by atoms with Crippen molar-refractivity contribution in [1.29, 1.82) is 0 Å². The average molecular weight is 408 g/mol. The van der Waals surface area contributed by atoms with E-state index in [0.717, 1.165) is 17.0 Å². The Kier molecular flexibility index (Phi) is 5.14. The van der Waals surface area contributed by atoms with Crippen molar-refractivity contribution in [2.24, 2.45) is 0 Å². The van der Waals surface area contributed by atoms with Gasteiger partial charge >= 0.3 is 0 Å². The number of aryl methyl sites for hydroxylation is 2. The molecule has 146 valence electrons. The van der Waals surface area contributed by atoms with E-state index in [2.05, 4.69) is 20.4 Å². The zero-order chi connectivity index (χ0) is 20.4. The minimum Gasteiger partial charge on any atom is -0.487 e. The van der Waals surface area contributed by atoms with Gasteiger partial charge in [0, 0.05) is 33.9 Å². The number of benzene rings is 1. The van der Waals surface area contributed by atoms with E-state index in [1.54, 1.807) is 41.2 Å². The summed E-state index contributed by atoms with van der Waals surface area (Å²) in [6.07, 6.45) is 4.82. The van der Waals surface area contributed by atoms with Crippen molar-refractivity contribution >= 4 is 28.8 Å². The van der Waals surface area contributed by atoms with Crippen LogP contribution in [0.5, 0.6) is 5.75 Å². The molecule has 1 aromatic carbocycles. The summed E-state index contributed by atoms with van der Waals surface area (Å²) in [5, 5.41) is 7.70. The molecule has 0 aliphatic heterocycles. The Morgan fingerprint density at radius 2 is 2.07 bits per heavy atom. The molecule has 0 saturated carbocycles. The molecule has 0 fully saturated rings. The van der Waals surface area contributed by atoms with Crippen LogP contribution in [-0.4, -0.2) is 25.5 Å². The second-order valence-electron chi connectivity index (χ2n) is 6.57. The van der Waals surface area contributed by atoms with Crippen molar-refractivity contribution in [3.05, 3.63) is 82.5 Å². The second kappa shape index (κ2) is 7.89. The van der Waals surface area contributed by atoms with Crippen LogP contribution in [0.2, 0.25) is 5.02 Å². The Morgan fingerprint density at radius 1 is 1.21 bits per heavy atom. The number of hydrogen-bond donors (Lipinski definition) is 1. The number of halogens is 1. The molecule has 3 heterocycles. The highest BCUT2D eigenvalue weighted by Crippen LogP contribution is 2.23. The van der Waals surface area contributed by atoms with E-state index in [1.807, 2.05) is 26.0 Å². The zero-order valence-corrected chi connectivity index (χ0v) is 16.6. The van der Waals surface area contributed by atoms with E-state index in [0.29, 0.717) is 27.7 Å². The number of amides is 1. The maximum atomic E-state index is 12.8. The normalized spacial score (nSPS) is 10.9. The van der Waals surface area contributed by atoms with Crippen LogP contribution in [0.25, 0.3) is 5.65 Å². The van der Waals surface area contributed by atoms with Crippen molar-refractivity contribution in [2.75, 3.05) is 5.32 Å². The number of anilines is 1. The smallest absolute Gasteiger partial charge is 0.261 e. The van der Waals surface area contributed by atoms with Crippen LogP contribution in [0.15, 0.2) is 55.0 Å². The summed E-state index contributed by atoms with van der Waals surface area (Å²) in [6.45, 7) is 4.06. The fourth-order valence-corrected chi connectivity index (χ4v) is 3.16. The molecule has 0 unspecified atom stereocenters. The summed E-state index contributed by atoms with van der Waals surface area (Å²) in [6, 6.07) is 10.8. The maximum Gasteiger partial charge on any atom is 0.261 e. The van der Waals surface area contributed by atoms with Gasteiger partial charge in [0.15, 0.2) is 5.65 Å². The minimum absolute atomic E-state index is 0.255. The highest BCUT2D eigenvalue weighted by molar-refractivity contribution is 6.31. The monoisotopic (exact) mass is 407 g/mol. The van der Waals surface area contributed by atoms with E-state index in [4.69, 9.17) is 16.3 Å². The van der Waals surface area contributed by atoms with E-state index < -0.39 is 0 Å². The molecule has 3 aromatic heterocycles. The second-order valence-corrected chi connectivity index (χ2v) is 6.98. The number of hydrogen-bond acceptors (Lipinski definition) is 5. The van der Waals surface area contributed by atoms with Crippen molar-refractivity contribution < 1.29 is 9.53 Å². The van der Waals surface area contributed by atoms with Gasteiger partial charge in [0.25, 0.3) is 5.91 Å². The lowest BCUT2D eigenvalue weighted by molar-refractivity contribution is 0.102. The number of rotatable bonds is 5. The molecule has 0 aliphatic rings. The number of fused-ring (bicyclic) bond motifs is 1. The number of carbonyl (C=O) groups is 1. The van der Waals surface area contributed by atoms with Crippen LogP contribution in [0.3, 0.4) is 0 Å².